The molecule has 120 valence electrons. The van der Waals surface area contributed by atoms with E-state index in [-0.39, 0.29) is 12.1 Å². The molecule has 0 saturated carbocycles. The molecule has 2 aromatic rings. The van der Waals surface area contributed by atoms with Gasteiger partial charge in [0, 0.05) is 37.0 Å². The van der Waals surface area contributed by atoms with Crippen LogP contribution >= 0.6 is 11.8 Å². The quantitative estimate of drug-likeness (QED) is 0.937. The van der Waals surface area contributed by atoms with E-state index < -0.39 is 0 Å². The van der Waals surface area contributed by atoms with Crippen LogP contribution in [0, 0.1) is 0 Å². The standard InChI is InChI=1S/C18H21N3OS/c1-14(20-18(22)21-9-11-23-12-10-21)15-4-6-16(7-5-15)17-3-2-8-19-13-17/h2-8,13-14H,9-12H2,1H3,(H,20,22). The second-order valence-electron chi connectivity index (χ2n) is 5.63. The van der Waals surface area contributed by atoms with Crippen molar-refractivity contribution in [1.29, 1.82) is 0 Å². The van der Waals surface area contributed by atoms with Gasteiger partial charge in [0.1, 0.15) is 0 Å². The maximum atomic E-state index is 12.3. The maximum Gasteiger partial charge on any atom is 0.317 e. The molecule has 1 saturated heterocycles. The molecule has 4 nitrogen and oxygen atoms in total. The lowest BCUT2D eigenvalue weighted by atomic mass is 10.0. The zero-order valence-corrected chi connectivity index (χ0v) is 14.1. The third-order valence-electron chi connectivity index (χ3n) is 4.04. The Kier molecular flexibility index (Phi) is 5.18. The number of amides is 2. The molecule has 2 amide bonds. The van der Waals surface area contributed by atoms with Crippen molar-refractivity contribution in [3.8, 4) is 11.1 Å². The van der Waals surface area contributed by atoms with Crippen molar-refractivity contribution in [2.45, 2.75) is 13.0 Å². The van der Waals surface area contributed by atoms with Crippen molar-refractivity contribution in [2.75, 3.05) is 24.6 Å². The lowest BCUT2D eigenvalue weighted by Crippen LogP contribution is -2.45. The fraction of sp³-hybridized carbons (Fsp3) is 0.333. The predicted molar refractivity (Wildman–Crippen MR) is 95.5 cm³/mol. The zero-order chi connectivity index (χ0) is 16.1. The molecule has 1 fully saturated rings. The molecule has 5 heteroatoms. The third-order valence-corrected chi connectivity index (χ3v) is 4.99. The number of carbonyl (C=O) groups is 1. The topological polar surface area (TPSA) is 45.2 Å². The minimum absolute atomic E-state index is 0.0000259. The number of hydrogen-bond donors (Lipinski definition) is 1. The van der Waals surface area contributed by atoms with Crippen LogP contribution in [0.2, 0.25) is 0 Å². The summed E-state index contributed by atoms with van der Waals surface area (Å²) in [4.78, 5) is 18.3. The SMILES string of the molecule is CC(NC(=O)N1CCSCC1)c1ccc(-c2cccnc2)cc1. The van der Waals surface area contributed by atoms with E-state index in [0.29, 0.717) is 0 Å². The normalized spacial score (nSPS) is 16.0. The number of pyridine rings is 1. The van der Waals surface area contributed by atoms with Gasteiger partial charge in [0.25, 0.3) is 0 Å². The van der Waals surface area contributed by atoms with Gasteiger partial charge in [0.15, 0.2) is 0 Å². The molecule has 1 N–H and O–H groups in total. The molecule has 0 aliphatic carbocycles. The van der Waals surface area contributed by atoms with Crippen LogP contribution in [0.25, 0.3) is 11.1 Å². The Morgan fingerprint density at radius 1 is 1.17 bits per heavy atom. The molecular formula is C18H21N3OS. The van der Waals surface area contributed by atoms with E-state index in [4.69, 9.17) is 0 Å². The number of carbonyl (C=O) groups excluding carboxylic acids is 1. The molecule has 23 heavy (non-hydrogen) atoms. The number of hydrogen-bond acceptors (Lipinski definition) is 3. The zero-order valence-electron chi connectivity index (χ0n) is 13.2. The van der Waals surface area contributed by atoms with Gasteiger partial charge < -0.3 is 10.2 Å². The molecule has 1 unspecified atom stereocenters. The van der Waals surface area contributed by atoms with Crippen molar-refractivity contribution in [2.24, 2.45) is 0 Å². The molecule has 0 bridgehead atoms. The first kappa shape index (κ1) is 15.9. The largest absolute Gasteiger partial charge is 0.331 e. The van der Waals surface area contributed by atoms with Crippen LogP contribution in [0.1, 0.15) is 18.5 Å². The first-order valence-electron chi connectivity index (χ1n) is 7.87. The fourth-order valence-electron chi connectivity index (χ4n) is 2.62. The molecule has 0 spiro atoms. The van der Waals surface area contributed by atoms with Crippen LogP contribution in [-0.2, 0) is 0 Å². The highest BCUT2D eigenvalue weighted by Gasteiger charge is 2.18. The summed E-state index contributed by atoms with van der Waals surface area (Å²) in [5, 5.41) is 3.09. The number of benzene rings is 1. The summed E-state index contributed by atoms with van der Waals surface area (Å²) in [7, 11) is 0. The Hall–Kier alpha value is -2.01. The van der Waals surface area contributed by atoms with Gasteiger partial charge >= 0.3 is 6.03 Å². The van der Waals surface area contributed by atoms with E-state index in [9.17, 15) is 4.79 Å². The maximum absolute atomic E-state index is 12.3. The minimum atomic E-state index is 0.0000259. The van der Waals surface area contributed by atoms with Crippen LogP contribution in [0.15, 0.2) is 48.8 Å². The van der Waals surface area contributed by atoms with Crippen molar-refractivity contribution in [3.63, 3.8) is 0 Å². The smallest absolute Gasteiger partial charge is 0.317 e. The van der Waals surface area contributed by atoms with E-state index in [0.717, 1.165) is 41.3 Å². The molecule has 1 aromatic carbocycles. The van der Waals surface area contributed by atoms with Gasteiger partial charge in [-0.2, -0.15) is 11.8 Å². The average molecular weight is 327 g/mol. The van der Waals surface area contributed by atoms with Gasteiger partial charge in [-0.15, -0.1) is 0 Å². The summed E-state index contributed by atoms with van der Waals surface area (Å²) in [5.74, 6) is 2.06. The highest BCUT2D eigenvalue weighted by atomic mass is 32.2. The summed E-state index contributed by atoms with van der Waals surface area (Å²) in [5.41, 5.74) is 3.34. The van der Waals surface area contributed by atoms with Crippen molar-refractivity contribution in [3.05, 3.63) is 54.4 Å². The van der Waals surface area contributed by atoms with Crippen LogP contribution in [0.4, 0.5) is 4.79 Å². The monoisotopic (exact) mass is 327 g/mol. The van der Waals surface area contributed by atoms with Gasteiger partial charge in [0.05, 0.1) is 6.04 Å². The van der Waals surface area contributed by atoms with Gasteiger partial charge in [-0.1, -0.05) is 30.3 Å². The summed E-state index contributed by atoms with van der Waals surface area (Å²) < 4.78 is 0. The van der Waals surface area contributed by atoms with Crippen molar-refractivity contribution < 1.29 is 4.79 Å². The number of urea groups is 1. The molecule has 1 aliphatic heterocycles. The fourth-order valence-corrected chi connectivity index (χ4v) is 3.53. The number of nitrogens with one attached hydrogen (secondary N) is 1. The Morgan fingerprint density at radius 3 is 2.57 bits per heavy atom. The van der Waals surface area contributed by atoms with E-state index in [1.165, 1.54) is 0 Å². The first-order chi connectivity index (χ1) is 11.2. The molecule has 1 aliphatic rings. The number of rotatable bonds is 3. The average Bonchev–Trinajstić information content (AvgIpc) is 2.63. The van der Waals surface area contributed by atoms with Crippen molar-refractivity contribution in [1.82, 2.24) is 15.2 Å². The molecule has 3 rings (SSSR count). The highest BCUT2D eigenvalue weighted by Crippen LogP contribution is 2.21. The van der Waals surface area contributed by atoms with E-state index >= 15 is 0 Å². The number of nitrogens with zero attached hydrogens (tertiary/aromatic N) is 2. The summed E-state index contributed by atoms with van der Waals surface area (Å²) in [6.45, 7) is 3.70. The minimum Gasteiger partial charge on any atom is -0.331 e. The number of thioether (sulfide) groups is 1. The summed E-state index contributed by atoms with van der Waals surface area (Å²) >= 11 is 1.90. The lowest BCUT2D eigenvalue weighted by Gasteiger charge is -2.28. The van der Waals surface area contributed by atoms with Crippen molar-refractivity contribution >= 4 is 17.8 Å². The van der Waals surface area contributed by atoms with Crippen LogP contribution < -0.4 is 5.32 Å². The Morgan fingerprint density at radius 2 is 1.91 bits per heavy atom. The molecule has 1 aromatic heterocycles. The Labute approximate surface area is 141 Å². The van der Waals surface area contributed by atoms with Gasteiger partial charge in [-0.05, 0) is 29.7 Å². The van der Waals surface area contributed by atoms with E-state index in [1.807, 2.05) is 41.9 Å². The number of aromatic nitrogens is 1. The molecule has 1 atom stereocenters. The van der Waals surface area contributed by atoms with E-state index in [2.05, 4.69) is 34.6 Å². The third kappa shape index (κ3) is 4.05. The van der Waals surface area contributed by atoms with Crippen LogP contribution in [0.5, 0.6) is 0 Å². The lowest BCUT2D eigenvalue weighted by molar-refractivity contribution is 0.200. The molecule has 2 heterocycles. The van der Waals surface area contributed by atoms with Gasteiger partial charge in [0.2, 0.25) is 0 Å². The first-order valence-corrected chi connectivity index (χ1v) is 9.03. The van der Waals surface area contributed by atoms with E-state index in [1.54, 1.807) is 6.20 Å². The Balaban J connectivity index is 1.63. The second kappa shape index (κ2) is 7.51. The van der Waals surface area contributed by atoms with Gasteiger partial charge in [-0.3, -0.25) is 4.98 Å². The Bertz CT molecular complexity index is 639. The van der Waals surface area contributed by atoms with Crippen LogP contribution in [-0.4, -0.2) is 40.5 Å². The summed E-state index contributed by atoms with van der Waals surface area (Å²) in [6.07, 6.45) is 3.63. The van der Waals surface area contributed by atoms with Crippen LogP contribution in [0.3, 0.4) is 0 Å². The summed E-state index contributed by atoms with van der Waals surface area (Å²) in [6, 6.07) is 12.3. The molecule has 0 radical (unpaired) electrons. The highest BCUT2D eigenvalue weighted by molar-refractivity contribution is 7.99. The molecular weight excluding hydrogens is 306 g/mol. The second-order valence-corrected chi connectivity index (χ2v) is 6.86. The predicted octanol–water partition coefficient (Wildman–Crippen LogP) is 3.57. The van der Waals surface area contributed by atoms with Gasteiger partial charge in [-0.25, -0.2) is 4.79 Å².